The molecule has 1 aliphatic rings. The van der Waals surface area contributed by atoms with Gasteiger partial charge in [0.2, 0.25) is 5.91 Å². The zero-order valence-corrected chi connectivity index (χ0v) is 13.6. The molecule has 0 aromatic heterocycles. The molecule has 3 rings (SSSR count). The number of nitrogens with zero attached hydrogens (tertiary/aromatic N) is 2. The van der Waals surface area contributed by atoms with Gasteiger partial charge < -0.3 is 5.32 Å². The Balaban J connectivity index is 1.48. The second-order valence-corrected chi connectivity index (χ2v) is 6.32. The first-order chi connectivity index (χ1) is 11.7. The predicted molar refractivity (Wildman–Crippen MR) is 94.2 cm³/mol. The molecule has 0 saturated carbocycles. The minimum Gasteiger partial charge on any atom is -0.326 e. The number of nitriles is 1. The summed E-state index contributed by atoms with van der Waals surface area (Å²) in [7, 11) is 0. The third kappa shape index (κ3) is 4.43. The summed E-state index contributed by atoms with van der Waals surface area (Å²) < 4.78 is 0. The lowest BCUT2D eigenvalue weighted by atomic mass is 10.0. The normalized spacial score (nSPS) is 17.4. The molecule has 1 atom stereocenters. The summed E-state index contributed by atoms with van der Waals surface area (Å²) in [6.45, 7) is 2.94. The average molecular weight is 319 g/mol. The van der Waals surface area contributed by atoms with Gasteiger partial charge in [-0.1, -0.05) is 36.4 Å². The van der Waals surface area contributed by atoms with Crippen LogP contribution in [0.5, 0.6) is 0 Å². The number of rotatable bonds is 5. The molecule has 1 saturated heterocycles. The van der Waals surface area contributed by atoms with Crippen LogP contribution in [-0.2, 0) is 11.3 Å². The number of likely N-dealkylation sites (tertiary alicyclic amines) is 1. The maximum Gasteiger partial charge on any atom is 0.224 e. The summed E-state index contributed by atoms with van der Waals surface area (Å²) in [5.41, 5.74) is 2.57. The molecule has 4 nitrogen and oxygen atoms in total. The van der Waals surface area contributed by atoms with Crippen LogP contribution in [0.2, 0.25) is 0 Å². The Hall–Kier alpha value is -2.64. The van der Waals surface area contributed by atoms with E-state index in [1.54, 1.807) is 18.2 Å². The number of anilines is 1. The molecule has 0 radical (unpaired) electrons. The number of hydrogen-bond donors (Lipinski definition) is 1. The molecular formula is C20H21N3O. The summed E-state index contributed by atoms with van der Waals surface area (Å²) in [4.78, 5) is 14.6. The standard InChI is InChI=1S/C20H21N3O/c21-13-17-7-4-8-19(11-17)22-20(24)12-18-9-10-23(15-18)14-16-5-2-1-3-6-16/h1-8,11,18H,9-10,12,14-15H2,(H,22,24)/t18-/m0/s1. The quantitative estimate of drug-likeness (QED) is 0.919. The van der Waals surface area contributed by atoms with E-state index in [-0.39, 0.29) is 5.91 Å². The molecule has 0 unspecified atom stereocenters. The van der Waals surface area contributed by atoms with Gasteiger partial charge in [0.15, 0.2) is 0 Å². The molecule has 1 heterocycles. The van der Waals surface area contributed by atoms with E-state index >= 15 is 0 Å². The number of hydrogen-bond acceptors (Lipinski definition) is 3. The smallest absolute Gasteiger partial charge is 0.224 e. The molecule has 24 heavy (non-hydrogen) atoms. The van der Waals surface area contributed by atoms with Gasteiger partial charge in [-0.2, -0.15) is 5.26 Å². The highest BCUT2D eigenvalue weighted by atomic mass is 16.1. The largest absolute Gasteiger partial charge is 0.326 e. The monoisotopic (exact) mass is 319 g/mol. The zero-order chi connectivity index (χ0) is 16.8. The second-order valence-electron chi connectivity index (χ2n) is 6.32. The molecule has 1 fully saturated rings. The minimum absolute atomic E-state index is 0.0247. The molecule has 0 spiro atoms. The van der Waals surface area contributed by atoms with E-state index in [0.29, 0.717) is 23.6 Å². The van der Waals surface area contributed by atoms with Gasteiger partial charge in [-0.3, -0.25) is 9.69 Å². The van der Waals surface area contributed by atoms with Crippen LogP contribution in [0.4, 0.5) is 5.69 Å². The van der Waals surface area contributed by atoms with Gasteiger partial charge in [0.05, 0.1) is 11.6 Å². The highest BCUT2D eigenvalue weighted by molar-refractivity contribution is 5.91. The van der Waals surface area contributed by atoms with Crippen LogP contribution in [0.3, 0.4) is 0 Å². The fraction of sp³-hybridized carbons (Fsp3) is 0.300. The summed E-state index contributed by atoms with van der Waals surface area (Å²) in [5, 5.41) is 11.8. The molecule has 1 N–H and O–H groups in total. The highest BCUT2D eigenvalue weighted by Gasteiger charge is 2.24. The summed E-state index contributed by atoms with van der Waals surface area (Å²) >= 11 is 0. The topological polar surface area (TPSA) is 56.1 Å². The van der Waals surface area contributed by atoms with Crippen molar-refractivity contribution in [1.29, 1.82) is 5.26 Å². The number of nitrogens with one attached hydrogen (secondary N) is 1. The van der Waals surface area contributed by atoms with Gasteiger partial charge in [-0.15, -0.1) is 0 Å². The first-order valence-electron chi connectivity index (χ1n) is 8.29. The first-order valence-corrected chi connectivity index (χ1v) is 8.29. The van der Waals surface area contributed by atoms with Crippen LogP contribution in [0, 0.1) is 17.2 Å². The van der Waals surface area contributed by atoms with Crippen molar-refractivity contribution in [3.05, 3.63) is 65.7 Å². The molecule has 4 heteroatoms. The molecular weight excluding hydrogens is 298 g/mol. The van der Waals surface area contributed by atoms with Gasteiger partial charge in [0.25, 0.3) is 0 Å². The minimum atomic E-state index is 0.0247. The molecule has 0 bridgehead atoms. The van der Waals surface area contributed by atoms with Crippen molar-refractivity contribution in [2.24, 2.45) is 5.92 Å². The fourth-order valence-corrected chi connectivity index (χ4v) is 3.21. The number of amides is 1. The van der Waals surface area contributed by atoms with E-state index in [9.17, 15) is 4.79 Å². The Bertz CT molecular complexity index is 736. The van der Waals surface area contributed by atoms with Crippen LogP contribution in [0.25, 0.3) is 0 Å². The van der Waals surface area contributed by atoms with Crippen molar-refractivity contribution in [2.75, 3.05) is 18.4 Å². The molecule has 2 aromatic rings. The van der Waals surface area contributed by atoms with Crippen molar-refractivity contribution in [2.45, 2.75) is 19.4 Å². The molecule has 1 aliphatic heterocycles. The Kier molecular flexibility index (Phi) is 5.25. The van der Waals surface area contributed by atoms with Crippen LogP contribution in [0.15, 0.2) is 54.6 Å². The third-order valence-corrected chi connectivity index (χ3v) is 4.37. The number of benzene rings is 2. The van der Waals surface area contributed by atoms with Gasteiger partial charge >= 0.3 is 0 Å². The van der Waals surface area contributed by atoms with Crippen molar-refractivity contribution in [3.8, 4) is 6.07 Å². The Morgan fingerprint density at radius 2 is 2.04 bits per heavy atom. The van der Waals surface area contributed by atoms with E-state index in [2.05, 4.69) is 40.6 Å². The first kappa shape index (κ1) is 16.2. The van der Waals surface area contributed by atoms with Crippen molar-refractivity contribution >= 4 is 11.6 Å². The Morgan fingerprint density at radius 3 is 2.83 bits per heavy atom. The third-order valence-electron chi connectivity index (χ3n) is 4.37. The molecule has 122 valence electrons. The van der Waals surface area contributed by atoms with Crippen LogP contribution in [-0.4, -0.2) is 23.9 Å². The maximum absolute atomic E-state index is 12.2. The summed E-state index contributed by atoms with van der Waals surface area (Å²) in [5.74, 6) is 0.421. The summed E-state index contributed by atoms with van der Waals surface area (Å²) in [6, 6.07) is 19.5. The van der Waals surface area contributed by atoms with E-state index in [0.717, 1.165) is 26.1 Å². The van der Waals surface area contributed by atoms with Crippen LogP contribution >= 0.6 is 0 Å². The Morgan fingerprint density at radius 1 is 1.21 bits per heavy atom. The van der Waals surface area contributed by atoms with Gasteiger partial charge in [0, 0.05) is 25.2 Å². The lowest BCUT2D eigenvalue weighted by Gasteiger charge is -2.16. The van der Waals surface area contributed by atoms with Crippen molar-refractivity contribution in [3.63, 3.8) is 0 Å². The SMILES string of the molecule is N#Cc1cccc(NC(=O)C[C@@H]2CCN(Cc3ccccc3)C2)c1. The lowest BCUT2D eigenvalue weighted by Crippen LogP contribution is -2.22. The van der Waals surface area contributed by atoms with Crippen LogP contribution < -0.4 is 5.32 Å². The second kappa shape index (κ2) is 7.76. The van der Waals surface area contributed by atoms with Crippen LogP contribution in [0.1, 0.15) is 24.0 Å². The summed E-state index contributed by atoms with van der Waals surface area (Å²) in [6.07, 6.45) is 1.58. The highest BCUT2D eigenvalue weighted by Crippen LogP contribution is 2.22. The van der Waals surface area contributed by atoms with Gasteiger partial charge in [-0.05, 0) is 42.6 Å². The van der Waals surface area contributed by atoms with Crippen molar-refractivity contribution < 1.29 is 4.79 Å². The zero-order valence-electron chi connectivity index (χ0n) is 13.6. The van der Waals surface area contributed by atoms with E-state index < -0.39 is 0 Å². The Labute approximate surface area is 142 Å². The predicted octanol–water partition coefficient (Wildman–Crippen LogP) is 3.41. The molecule has 1 amide bonds. The van der Waals surface area contributed by atoms with E-state index in [1.807, 2.05) is 12.1 Å². The molecule has 0 aliphatic carbocycles. The van der Waals surface area contributed by atoms with Gasteiger partial charge in [0.1, 0.15) is 0 Å². The lowest BCUT2D eigenvalue weighted by molar-refractivity contribution is -0.117. The van der Waals surface area contributed by atoms with Crippen molar-refractivity contribution in [1.82, 2.24) is 4.90 Å². The van der Waals surface area contributed by atoms with Gasteiger partial charge in [-0.25, -0.2) is 0 Å². The average Bonchev–Trinajstić information content (AvgIpc) is 3.02. The number of carbonyl (C=O) groups is 1. The maximum atomic E-state index is 12.2. The fourth-order valence-electron chi connectivity index (χ4n) is 3.21. The number of carbonyl (C=O) groups excluding carboxylic acids is 1. The van der Waals surface area contributed by atoms with E-state index in [4.69, 9.17) is 5.26 Å². The van der Waals surface area contributed by atoms with E-state index in [1.165, 1.54) is 5.56 Å². The molecule has 2 aromatic carbocycles.